The monoisotopic (exact) mass is 337 g/mol. The van der Waals surface area contributed by atoms with Gasteiger partial charge in [-0.1, -0.05) is 12.1 Å². The molecule has 1 aliphatic heterocycles. The van der Waals surface area contributed by atoms with E-state index in [1.807, 2.05) is 24.3 Å². The van der Waals surface area contributed by atoms with Crippen molar-refractivity contribution in [2.45, 2.75) is 24.8 Å². The van der Waals surface area contributed by atoms with Gasteiger partial charge >= 0.3 is 29.6 Å². The molecule has 1 aromatic carbocycles. The zero-order valence-electron chi connectivity index (χ0n) is 12.9. The number of aliphatic hydroxyl groups excluding tert-OH is 1. The predicted molar refractivity (Wildman–Crippen MR) is 76.7 cm³/mol. The minimum absolute atomic E-state index is 0. The van der Waals surface area contributed by atoms with Gasteiger partial charge in [0.1, 0.15) is 21.3 Å². The maximum absolute atomic E-state index is 10.8. The zero-order chi connectivity index (χ0) is 15.5. The van der Waals surface area contributed by atoms with Crippen LogP contribution in [0.1, 0.15) is 18.4 Å². The van der Waals surface area contributed by atoms with Crippen molar-refractivity contribution in [3.8, 4) is 5.75 Å². The molecular formula is C14H20NNaO5S. The molecular weight excluding hydrogens is 317 g/mol. The summed E-state index contributed by atoms with van der Waals surface area (Å²) in [5.41, 5.74) is -0.633. The van der Waals surface area contributed by atoms with Gasteiger partial charge in [0.15, 0.2) is 0 Å². The number of nitrogens with zero attached hydrogens (tertiary/aromatic N) is 1. The summed E-state index contributed by atoms with van der Waals surface area (Å²) in [5, 5.41) is 9.51. The van der Waals surface area contributed by atoms with E-state index < -0.39 is 21.5 Å². The van der Waals surface area contributed by atoms with Gasteiger partial charge in [0.2, 0.25) is 0 Å². The smallest absolute Gasteiger partial charge is 0.746 e. The van der Waals surface area contributed by atoms with Gasteiger partial charge in [0.05, 0.1) is 7.11 Å². The van der Waals surface area contributed by atoms with Gasteiger partial charge in [-0.2, -0.15) is 0 Å². The van der Waals surface area contributed by atoms with Crippen LogP contribution in [0.3, 0.4) is 0 Å². The van der Waals surface area contributed by atoms with Gasteiger partial charge in [0.25, 0.3) is 0 Å². The van der Waals surface area contributed by atoms with Gasteiger partial charge in [-0.15, -0.1) is 0 Å². The van der Waals surface area contributed by atoms with Crippen LogP contribution in [0.25, 0.3) is 0 Å². The third kappa shape index (κ3) is 5.49. The number of likely N-dealkylation sites (tertiary alicyclic amines) is 1. The van der Waals surface area contributed by atoms with E-state index in [0.29, 0.717) is 25.9 Å². The Morgan fingerprint density at radius 1 is 1.32 bits per heavy atom. The van der Waals surface area contributed by atoms with E-state index in [-0.39, 0.29) is 29.6 Å². The summed E-state index contributed by atoms with van der Waals surface area (Å²) in [6.45, 7) is 2.10. The van der Waals surface area contributed by atoms with E-state index in [2.05, 4.69) is 4.90 Å². The number of ether oxygens (including phenoxy) is 1. The molecule has 0 bridgehead atoms. The van der Waals surface area contributed by atoms with Gasteiger partial charge in [-0.3, -0.25) is 4.90 Å². The second-order valence-electron chi connectivity index (χ2n) is 5.35. The Hall–Kier alpha value is -0.150. The van der Waals surface area contributed by atoms with Crippen molar-refractivity contribution < 1.29 is 52.4 Å². The Morgan fingerprint density at radius 2 is 1.86 bits per heavy atom. The number of hydrogen-bond donors (Lipinski definition) is 1. The molecule has 1 saturated heterocycles. The molecule has 2 rings (SSSR count). The molecule has 1 N–H and O–H groups in total. The fourth-order valence-corrected chi connectivity index (χ4v) is 3.36. The van der Waals surface area contributed by atoms with Gasteiger partial charge in [-0.05, 0) is 43.6 Å². The summed E-state index contributed by atoms with van der Waals surface area (Å²) < 4.78 is 37.6. The van der Waals surface area contributed by atoms with Crippen molar-refractivity contribution in [2.24, 2.45) is 5.92 Å². The molecule has 0 saturated carbocycles. The third-order valence-corrected chi connectivity index (χ3v) is 4.87. The molecule has 22 heavy (non-hydrogen) atoms. The van der Waals surface area contributed by atoms with Crippen LogP contribution < -0.4 is 34.3 Å². The first-order valence-corrected chi connectivity index (χ1v) is 8.35. The van der Waals surface area contributed by atoms with Crippen molar-refractivity contribution in [2.75, 3.05) is 20.2 Å². The Balaban J connectivity index is 0.00000242. The van der Waals surface area contributed by atoms with Crippen molar-refractivity contribution in [1.29, 1.82) is 0 Å². The molecule has 1 aromatic rings. The molecule has 0 aromatic heterocycles. The topological polar surface area (TPSA) is 89.9 Å². The molecule has 0 aliphatic carbocycles. The minimum Gasteiger partial charge on any atom is -0.746 e. The van der Waals surface area contributed by atoms with Crippen molar-refractivity contribution in [3.63, 3.8) is 0 Å². The number of piperidine rings is 1. The van der Waals surface area contributed by atoms with Gasteiger partial charge < -0.3 is 14.4 Å². The van der Waals surface area contributed by atoms with Crippen molar-refractivity contribution >= 4 is 10.1 Å². The standard InChI is InChI=1S/C14H21NO5S.Na/c1-20-13-4-2-11(3-5-13)10-15-8-6-12(7-9-15)14(16)21(17,18)19;/h2-5,12,14,16H,6-10H2,1H3,(H,17,18,19);/q;+1/p-1. The normalized spacial score (nSPS) is 18.5. The number of benzene rings is 1. The number of hydrogen-bond acceptors (Lipinski definition) is 6. The van der Waals surface area contributed by atoms with Gasteiger partial charge in [0, 0.05) is 12.5 Å². The second kappa shape index (κ2) is 8.63. The number of rotatable bonds is 5. The SMILES string of the molecule is COc1ccc(CN2CCC(C(O)S(=O)(=O)[O-])CC2)cc1.[Na+]. The molecule has 1 aliphatic rings. The molecule has 8 heteroatoms. The maximum Gasteiger partial charge on any atom is 1.00 e. The Bertz CT molecular complexity index is 555. The fourth-order valence-electron chi connectivity index (χ4n) is 2.62. The van der Waals surface area contributed by atoms with Gasteiger partial charge in [-0.25, -0.2) is 8.42 Å². The molecule has 0 spiro atoms. The number of aliphatic hydroxyl groups is 1. The Kier molecular flexibility index (Phi) is 7.81. The molecule has 1 heterocycles. The first kappa shape index (κ1) is 19.9. The first-order chi connectivity index (χ1) is 9.90. The van der Waals surface area contributed by atoms with Crippen LogP contribution in [-0.4, -0.2) is 48.6 Å². The summed E-state index contributed by atoms with van der Waals surface area (Å²) in [6.07, 6.45) is 1.03. The van der Waals surface area contributed by atoms with E-state index in [9.17, 15) is 18.1 Å². The summed E-state index contributed by atoms with van der Waals surface area (Å²) >= 11 is 0. The van der Waals surface area contributed by atoms with Crippen LogP contribution in [0.4, 0.5) is 0 Å². The molecule has 6 nitrogen and oxygen atoms in total. The summed E-state index contributed by atoms with van der Waals surface area (Å²) in [6, 6.07) is 7.77. The van der Waals surface area contributed by atoms with E-state index >= 15 is 0 Å². The van der Waals surface area contributed by atoms with Crippen molar-refractivity contribution in [3.05, 3.63) is 29.8 Å². The average molecular weight is 337 g/mol. The van der Waals surface area contributed by atoms with E-state index in [4.69, 9.17) is 4.74 Å². The average Bonchev–Trinajstić information content (AvgIpc) is 2.47. The summed E-state index contributed by atoms with van der Waals surface area (Å²) in [5.74, 6) is 0.348. The summed E-state index contributed by atoms with van der Waals surface area (Å²) in [7, 11) is -2.99. The molecule has 118 valence electrons. The van der Waals surface area contributed by atoms with Crippen LogP contribution in [0, 0.1) is 5.92 Å². The Morgan fingerprint density at radius 3 is 2.32 bits per heavy atom. The van der Waals surface area contributed by atoms with E-state index in [0.717, 1.165) is 17.9 Å². The van der Waals surface area contributed by atoms with Crippen LogP contribution in [-0.2, 0) is 16.7 Å². The molecule has 1 atom stereocenters. The molecule has 1 unspecified atom stereocenters. The van der Waals surface area contributed by atoms with Crippen molar-refractivity contribution in [1.82, 2.24) is 4.90 Å². The third-order valence-electron chi connectivity index (χ3n) is 3.90. The molecule has 1 fully saturated rings. The fraction of sp³-hybridized carbons (Fsp3) is 0.571. The minimum atomic E-state index is -4.61. The van der Waals surface area contributed by atoms with Crippen LogP contribution >= 0.6 is 0 Å². The van der Waals surface area contributed by atoms with E-state index in [1.165, 1.54) is 0 Å². The van der Waals surface area contributed by atoms with Crippen LogP contribution in [0.15, 0.2) is 24.3 Å². The largest absolute Gasteiger partial charge is 1.00 e. The molecule has 0 radical (unpaired) electrons. The number of methoxy groups -OCH3 is 1. The quantitative estimate of drug-likeness (QED) is 0.483. The summed E-state index contributed by atoms with van der Waals surface area (Å²) in [4.78, 5) is 2.18. The maximum atomic E-state index is 10.8. The Labute approximate surface area is 153 Å². The van der Waals surface area contributed by atoms with E-state index in [1.54, 1.807) is 7.11 Å². The zero-order valence-corrected chi connectivity index (χ0v) is 15.8. The molecule has 0 amide bonds. The van der Waals surface area contributed by atoms with Crippen LogP contribution in [0.2, 0.25) is 0 Å². The predicted octanol–water partition coefficient (Wildman–Crippen LogP) is -2.23. The second-order valence-corrected chi connectivity index (χ2v) is 6.81. The first-order valence-electron chi connectivity index (χ1n) is 6.88. The van der Waals surface area contributed by atoms with Crippen LogP contribution in [0.5, 0.6) is 5.75 Å².